The average Bonchev–Trinajstić information content (AvgIpc) is 2.42. The Morgan fingerprint density at radius 2 is 1.86 bits per heavy atom. The highest BCUT2D eigenvalue weighted by Crippen LogP contribution is 2.19. The molecule has 21 heavy (non-hydrogen) atoms. The molecule has 0 aliphatic carbocycles. The lowest BCUT2D eigenvalue weighted by Crippen LogP contribution is -2.37. The summed E-state index contributed by atoms with van der Waals surface area (Å²) < 4.78 is 26.6. The molecule has 6 heteroatoms. The summed E-state index contributed by atoms with van der Waals surface area (Å²) >= 11 is 0. The second-order valence-corrected chi connectivity index (χ2v) is 6.84. The molecular weight excluding hydrogens is 290 g/mol. The molecule has 0 heterocycles. The molecule has 0 bridgehead atoms. The van der Waals surface area contributed by atoms with Crippen LogP contribution in [0.2, 0.25) is 0 Å². The number of carboxylic acids is 1. The minimum atomic E-state index is -3.52. The van der Waals surface area contributed by atoms with E-state index < -0.39 is 16.0 Å². The molecule has 0 radical (unpaired) electrons. The molecule has 0 aliphatic heterocycles. The maximum atomic E-state index is 12.6. The van der Waals surface area contributed by atoms with Gasteiger partial charge in [-0.3, -0.25) is 0 Å². The van der Waals surface area contributed by atoms with Crippen LogP contribution in [0.3, 0.4) is 0 Å². The second-order valence-electron chi connectivity index (χ2n) is 4.95. The number of hydrogen-bond donors (Lipinski definition) is 1. The summed E-state index contributed by atoms with van der Waals surface area (Å²) in [5.74, 6) is -1.04. The highest BCUT2D eigenvalue weighted by atomic mass is 32.2. The largest absolute Gasteiger partial charge is 0.478 e. The normalized spacial score (nSPS) is 12.4. The Balaban J connectivity index is 3.06. The van der Waals surface area contributed by atoms with Gasteiger partial charge in [0.25, 0.3) is 0 Å². The molecule has 5 nitrogen and oxygen atoms in total. The molecule has 0 aromatic heterocycles. The topological polar surface area (TPSA) is 74.7 Å². The van der Waals surface area contributed by atoms with Gasteiger partial charge in [-0.05, 0) is 44.0 Å². The van der Waals surface area contributed by atoms with E-state index in [2.05, 4.69) is 0 Å². The van der Waals surface area contributed by atoms with Crippen LogP contribution in [0.5, 0.6) is 0 Å². The zero-order valence-electron chi connectivity index (χ0n) is 12.5. The van der Waals surface area contributed by atoms with Crippen molar-refractivity contribution in [2.75, 3.05) is 6.54 Å². The number of carboxylic acid groups (broad SMARTS) is 1. The molecule has 0 spiro atoms. The van der Waals surface area contributed by atoms with Crippen LogP contribution in [-0.4, -0.2) is 36.4 Å². The van der Waals surface area contributed by atoms with E-state index in [-0.39, 0.29) is 10.9 Å². The Bertz CT molecular complexity index is 603. The molecule has 0 saturated heterocycles. The Labute approximate surface area is 126 Å². The zero-order valence-corrected chi connectivity index (χ0v) is 13.3. The van der Waals surface area contributed by atoms with E-state index in [1.54, 1.807) is 12.1 Å². The van der Waals surface area contributed by atoms with Crippen LogP contribution in [0.1, 0.15) is 32.8 Å². The van der Waals surface area contributed by atoms with E-state index in [1.807, 2.05) is 20.8 Å². The van der Waals surface area contributed by atoms with Gasteiger partial charge in [-0.2, -0.15) is 4.31 Å². The third-order valence-electron chi connectivity index (χ3n) is 2.93. The summed E-state index contributed by atoms with van der Waals surface area (Å²) in [4.78, 5) is 10.7. The fourth-order valence-corrected chi connectivity index (χ4v) is 3.66. The van der Waals surface area contributed by atoms with Crippen molar-refractivity contribution in [1.82, 2.24) is 4.31 Å². The molecule has 0 aliphatic rings. The van der Waals surface area contributed by atoms with E-state index in [4.69, 9.17) is 5.11 Å². The fourth-order valence-electron chi connectivity index (χ4n) is 1.93. The third-order valence-corrected chi connectivity index (χ3v) is 5.01. The van der Waals surface area contributed by atoms with Crippen molar-refractivity contribution in [1.29, 1.82) is 0 Å². The molecule has 1 aromatic rings. The second kappa shape index (κ2) is 7.38. The predicted molar refractivity (Wildman–Crippen MR) is 82.4 cm³/mol. The van der Waals surface area contributed by atoms with Gasteiger partial charge in [-0.1, -0.05) is 19.1 Å². The van der Waals surface area contributed by atoms with Crippen LogP contribution < -0.4 is 0 Å². The summed E-state index contributed by atoms with van der Waals surface area (Å²) in [6.45, 7) is 6.10. The average molecular weight is 311 g/mol. The minimum Gasteiger partial charge on any atom is -0.478 e. The number of benzene rings is 1. The molecule has 1 N–H and O–H groups in total. The van der Waals surface area contributed by atoms with Gasteiger partial charge in [-0.15, -0.1) is 0 Å². The van der Waals surface area contributed by atoms with Crippen LogP contribution in [0.25, 0.3) is 6.08 Å². The summed E-state index contributed by atoms with van der Waals surface area (Å²) in [7, 11) is -3.52. The first-order chi connectivity index (χ1) is 9.78. The van der Waals surface area contributed by atoms with Crippen molar-refractivity contribution in [3.63, 3.8) is 0 Å². The predicted octanol–water partition coefficient (Wildman–Crippen LogP) is 2.59. The standard InChI is InChI=1S/C15H21NO4S/c1-4-11-16(12(2)3)21(19,20)14-8-5-13(6-9-14)7-10-15(17)18/h5-10,12H,4,11H2,1-3H3,(H,17,18)/b10-7+. The molecule has 0 unspecified atom stereocenters. The number of sulfonamides is 1. The Hall–Kier alpha value is -1.66. The number of rotatable bonds is 7. The van der Waals surface area contributed by atoms with Crippen molar-refractivity contribution < 1.29 is 18.3 Å². The van der Waals surface area contributed by atoms with Gasteiger partial charge in [0.15, 0.2) is 0 Å². The summed E-state index contributed by atoms with van der Waals surface area (Å²) in [6.07, 6.45) is 3.18. The number of hydrogen-bond acceptors (Lipinski definition) is 3. The van der Waals surface area contributed by atoms with E-state index in [9.17, 15) is 13.2 Å². The first-order valence-corrected chi connectivity index (χ1v) is 8.26. The summed E-state index contributed by atoms with van der Waals surface area (Å²) in [5.41, 5.74) is 0.642. The lowest BCUT2D eigenvalue weighted by Gasteiger charge is -2.25. The van der Waals surface area contributed by atoms with Crippen molar-refractivity contribution in [2.45, 2.75) is 38.1 Å². The van der Waals surface area contributed by atoms with Gasteiger partial charge in [0, 0.05) is 18.7 Å². The summed E-state index contributed by atoms with van der Waals surface area (Å²) in [6, 6.07) is 6.08. The van der Waals surface area contributed by atoms with Crippen molar-refractivity contribution in [3.05, 3.63) is 35.9 Å². The van der Waals surface area contributed by atoms with Crippen LogP contribution in [0, 0.1) is 0 Å². The van der Waals surface area contributed by atoms with Crippen molar-refractivity contribution in [3.8, 4) is 0 Å². The Morgan fingerprint density at radius 3 is 2.29 bits per heavy atom. The molecule has 0 amide bonds. The quantitative estimate of drug-likeness (QED) is 0.785. The molecule has 0 atom stereocenters. The molecular formula is C15H21NO4S. The van der Waals surface area contributed by atoms with Crippen molar-refractivity contribution >= 4 is 22.1 Å². The van der Waals surface area contributed by atoms with E-state index in [1.165, 1.54) is 22.5 Å². The molecule has 0 fully saturated rings. The highest BCUT2D eigenvalue weighted by molar-refractivity contribution is 7.89. The number of nitrogens with zero attached hydrogens (tertiary/aromatic N) is 1. The third kappa shape index (κ3) is 4.68. The van der Waals surface area contributed by atoms with Gasteiger partial charge >= 0.3 is 5.97 Å². The van der Waals surface area contributed by atoms with Crippen LogP contribution in [0.4, 0.5) is 0 Å². The van der Waals surface area contributed by atoms with Crippen LogP contribution in [0.15, 0.2) is 35.2 Å². The monoisotopic (exact) mass is 311 g/mol. The molecule has 116 valence electrons. The Kier molecular flexibility index (Phi) is 6.11. The van der Waals surface area contributed by atoms with E-state index in [0.717, 1.165) is 12.5 Å². The van der Waals surface area contributed by atoms with Crippen molar-refractivity contribution in [2.24, 2.45) is 0 Å². The van der Waals surface area contributed by atoms with Gasteiger partial charge in [0.2, 0.25) is 10.0 Å². The van der Waals surface area contributed by atoms with Gasteiger partial charge in [0.1, 0.15) is 0 Å². The lowest BCUT2D eigenvalue weighted by molar-refractivity contribution is -0.131. The van der Waals surface area contributed by atoms with Gasteiger partial charge < -0.3 is 5.11 Å². The SMILES string of the molecule is CCCN(C(C)C)S(=O)(=O)c1ccc(/C=C/C(=O)O)cc1. The van der Waals surface area contributed by atoms with Crippen LogP contribution in [-0.2, 0) is 14.8 Å². The van der Waals surface area contributed by atoms with Gasteiger partial charge in [-0.25, -0.2) is 13.2 Å². The molecule has 1 aromatic carbocycles. The first kappa shape index (κ1) is 17.4. The Morgan fingerprint density at radius 1 is 1.29 bits per heavy atom. The smallest absolute Gasteiger partial charge is 0.328 e. The van der Waals surface area contributed by atoms with E-state index >= 15 is 0 Å². The number of aliphatic carboxylic acids is 1. The van der Waals surface area contributed by atoms with Gasteiger partial charge in [0.05, 0.1) is 4.90 Å². The molecule has 0 saturated carbocycles. The maximum Gasteiger partial charge on any atom is 0.328 e. The van der Waals surface area contributed by atoms with E-state index in [0.29, 0.717) is 12.1 Å². The first-order valence-electron chi connectivity index (χ1n) is 6.82. The maximum absolute atomic E-state index is 12.6. The minimum absolute atomic E-state index is 0.110. The summed E-state index contributed by atoms with van der Waals surface area (Å²) in [5, 5.41) is 8.56. The zero-order chi connectivity index (χ0) is 16.0. The van der Waals surface area contributed by atoms with Crippen LogP contribution >= 0.6 is 0 Å². The fraction of sp³-hybridized carbons (Fsp3) is 0.400. The number of carbonyl (C=O) groups is 1. The lowest BCUT2D eigenvalue weighted by atomic mass is 10.2. The highest BCUT2D eigenvalue weighted by Gasteiger charge is 2.25. The molecule has 1 rings (SSSR count).